The lowest BCUT2D eigenvalue weighted by molar-refractivity contribution is -0.137. The summed E-state index contributed by atoms with van der Waals surface area (Å²) in [4.78, 5) is 11.0. The van der Waals surface area contributed by atoms with Crippen molar-refractivity contribution >= 4 is 6.29 Å². The van der Waals surface area contributed by atoms with Gasteiger partial charge in [-0.05, 0) is 18.2 Å². The van der Waals surface area contributed by atoms with Crippen LogP contribution in [0.4, 0.5) is 13.2 Å². The van der Waals surface area contributed by atoms with E-state index in [1.165, 1.54) is 19.2 Å². The number of hydrogen-bond acceptors (Lipinski definition) is 3. The zero-order valence-electron chi connectivity index (χ0n) is 11.4. The van der Waals surface area contributed by atoms with Crippen molar-refractivity contribution in [2.75, 3.05) is 7.11 Å². The summed E-state index contributed by atoms with van der Waals surface area (Å²) in [5.74, 6) is 0.216. The SMILES string of the molecule is COc1c(C=O)cccc1-c1ccc(C(F)(F)F)cc1C#N. The summed E-state index contributed by atoms with van der Waals surface area (Å²) in [7, 11) is 1.35. The molecule has 0 bridgehead atoms. The number of halogens is 3. The van der Waals surface area contributed by atoms with E-state index >= 15 is 0 Å². The third-order valence-electron chi connectivity index (χ3n) is 3.13. The van der Waals surface area contributed by atoms with Gasteiger partial charge in [0, 0.05) is 11.1 Å². The smallest absolute Gasteiger partial charge is 0.416 e. The third-order valence-corrected chi connectivity index (χ3v) is 3.13. The summed E-state index contributed by atoms with van der Waals surface area (Å²) >= 11 is 0. The summed E-state index contributed by atoms with van der Waals surface area (Å²) in [6.07, 6.45) is -3.95. The molecule has 0 amide bonds. The highest BCUT2D eigenvalue weighted by atomic mass is 19.4. The number of rotatable bonds is 3. The molecule has 2 rings (SSSR count). The number of para-hydroxylation sites is 1. The molecule has 0 radical (unpaired) electrons. The first kappa shape index (κ1) is 15.6. The molecule has 22 heavy (non-hydrogen) atoms. The molecular weight excluding hydrogens is 295 g/mol. The van der Waals surface area contributed by atoms with Gasteiger partial charge >= 0.3 is 6.18 Å². The Hall–Kier alpha value is -2.81. The maximum atomic E-state index is 12.7. The molecule has 112 valence electrons. The Morgan fingerprint density at radius 2 is 1.91 bits per heavy atom. The molecule has 0 aliphatic carbocycles. The quantitative estimate of drug-likeness (QED) is 0.803. The molecule has 0 aliphatic rings. The van der Waals surface area contributed by atoms with Crippen molar-refractivity contribution in [2.45, 2.75) is 6.18 Å². The monoisotopic (exact) mass is 305 g/mol. The van der Waals surface area contributed by atoms with Crippen molar-refractivity contribution in [3.8, 4) is 22.9 Å². The van der Waals surface area contributed by atoms with Crippen LogP contribution < -0.4 is 4.74 Å². The lowest BCUT2D eigenvalue weighted by atomic mass is 9.95. The molecular formula is C16H10F3NO2. The van der Waals surface area contributed by atoms with Gasteiger partial charge in [0.25, 0.3) is 0 Å². The number of carbonyl (C=O) groups is 1. The number of benzene rings is 2. The van der Waals surface area contributed by atoms with Gasteiger partial charge in [-0.1, -0.05) is 18.2 Å². The van der Waals surface area contributed by atoms with Gasteiger partial charge < -0.3 is 4.74 Å². The molecule has 2 aromatic carbocycles. The van der Waals surface area contributed by atoms with E-state index in [1.807, 2.05) is 0 Å². The van der Waals surface area contributed by atoms with Crippen molar-refractivity contribution in [2.24, 2.45) is 0 Å². The number of carbonyl (C=O) groups excluding carboxylic acids is 1. The van der Waals surface area contributed by atoms with Crippen LogP contribution in [0.25, 0.3) is 11.1 Å². The molecule has 0 saturated heterocycles. The van der Waals surface area contributed by atoms with E-state index in [0.717, 1.165) is 12.1 Å². The van der Waals surface area contributed by atoms with E-state index in [1.54, 1.807) is 18.2 Å². The van der Waals surface area contributed by atoms with E-state index in [9.17, 15) is 18.0 Å². The van der Waals surface area contributed by atoms with Gasteiger partial charge in [0.1, 0.15) is 5.75 Å². The van der Waals surface area contributed by atoms with Gasteiger partial charge in [-0.2, -0.15) is 18.4 Å². The molecule has 0 heterocycles. The van der Waals surface area contributed by atoms with Crippen LogP contribution in [0.2, 0.25) is 0 Å². The second-order valence-corrected chi connectivity index (χ2v) is 4.42. The summed E-state index contributed by atoms with van der Waals surface area (Å²) in [5.41, 5.74) is -0.133. The number of hydrogen-bond donors (Lipinski definition) is 0. The zero-order valence-corrected chi connectivity index (χ0v) is 11.4. The summed E-state index contributed by atoms with van der Waals surface area (Å²) < 4.78 is 43.3. The van der Waals surface area contributed by atoms with Gasteiger partial charge in [0.2, 0.25) is 0 Å². The molecule has 3 nitrogen and oxygen atoms in total. The van der Waals surface area contributed by atoms with Crippen LogP contribution in [-0.2, 0) is 6.18 Å². The van der Waals surface area contributed by atoms with E-state index in [4.69, 9.17) is 10.00 Å². The first-order valence-electron chi connectivity index (χ1n) is 6.16. The second kappa shape index (κ2) is 5.90. The molecule has 2 aromatic rings. The van der Waals surface area contributed by atoms with Crippen molar-refractivity contribution in [3.63, 3.8) is 0 Å². The number of ether oxygens (including phenoxy) is 1. The first-order valence-corrected chi connectivity index (χ1v) is 6.16. The van der Waals surface area contributed by atoms with Gasteiger partial charge in [-0.15, -0.1) is 0 Å². The maximum absolute atomic E-state index is 12.7. The third kappa shape index (κ3) is 2.79. The van der Waals surface area contributed by atoms with Crippen LogP contribution in [0.1, 0.15) is 21.5 Å². The van der Waals surface area contributed by atoms with Gasteiger partial charge in [0.15, 0.2) is 6.29 Å². The molecule has 0 aliphatic heterocycles. The number of nitriles is 1. The highest BCUT2D eigenvalue weighted by Gasteiger charge is 2.31. The second-order valence-electron chi connectivity index (χ2n) is 4.42. The van der Waals surface area contributed by atoms with Crippen LogP contribution in [-0.4, -0.2) is 13.4 Å². The van der Waals surface area contributed by atoms with Crippen molar-refractivity contribution < 1.29 is 22.7 Å². The Morgan fingerprint density at radius 3 is 2.45 bits per heavy atom. The lowest BCUT2D eigenvalue weighted by Gasteiger charge is -2.13. The highest BCUT2D eigenvalue weighted by molar-refractivity contribution is 5.87. The molecule has 0 fully saturated rings. The average Bonchev–Trinajstić information content (AvgIpc) is 2.52. The molecule has 0 atom stereocenters. The van der Waals surface area contributed by atoms with E-state index in [2.05, 4.69) is 0 Å². The summed E-state index contributed by atoms with van der Waals surface area (Å²) in [6, 6.07) is 9.29. The van der Waals surface area contributed by atoms with Crippen LogP contribution in [0.3, 0.4) is 0 Å². The lowest BCUT2D eigenvalue weighted by Crippen LogP contribution is -2.05. The minimum Gasteiger partial charge on any atom is -0.495 e. The molecule has 0 saturated carbocycles. The zero-order chi connectivity index (χ0) is 16.3. The topological polar surface area (TPSA) is 50.1 Å². The van der Waals surface area contributed by atoms with Crippen molar-refractivity contribution in [1.29, 1.82) is 5.26 Å². The maximum Gasteiger partial charge on any atom is 0.416 e. The van der Waals surface area contributed by atoms with Crippen LogP contribution in [0.15, 0.2) is 36.4 Å². The van der Waals surface area contributed by atoms with Crippen molar-refractivity contribution in [1.82, 2.24) is 0 Å². The predicted molar refractivity (Wildman–Crippen MR) is 73.5 cm³/mol. The van der Waals surface area contributed by atoms with Gasteiger partial charge in [-0.25, -0.2) is 0 Å². The number of nitrogens with zero attached hydrogens (tertiary/aromatic N) is 1. The van der Waals surface area contributed by atoms with Gasteiger partial charge in [-0.3, -0.25) is 4.79 Å². The molecule has 0 N–H and O–H groups in total. The van der Waals surface area contributed by atoms with E-state index in [-0.39, 0.29) is 22.4 Å². The Bertz CT molecular complexity index is 761. The number of alkyl halides is 3. The summed E-state index contributed by atoms with van der Waals surface area (Å²) in [5, 5.41) is 9.13. The Balaban J connectivity index is 2.69. The average molecular weight is 305 g/mol. The summed E-state index contributed by atoms with van der Waals surface area (Å²) in [6.45, 7) is 0. The first-order chi connectivity index (χ1) is 10.4. The van der Waals surface area contributed by atoms with E-state index < -0.39 is 11.7 Å². The number of methoxy groups -OCH3 is 1. The standard InChI is InChI=1S/C16H10F3NO2/c1-22-15-10(9-21)3-2-4-14(15)13-6-5-12(16(17,18)19)7-11(13)8-20/h2-7,9H,1H3. The molecule has 0 unspecified atom stereocenters. The number of aldehydes is 1. The van der Waals surface area contributed by atoms with Crippen molar-refractivity contribution in [3.05, 3.63) is 53.1 Å². The van der Waals surface area contributed by atoms with Crippen LogP contribution in [0.5, 0.6) is 5.75 Å². The fraction of sp³-hybridized carbons (Fsp3) is 0.125. The van der Waals surface area contributed by atoms with Crippen LogP contribution in [0, 0.1) is 11.3 Å². The highest BCUT2D eigenvalue weighted by Crippen LogP contribution is 2.37. The molecule has 0 spiro atoms. The fourth-order valence-corrected chi connectivity index (χ4v) is 2.14. The molecule has 0 aromatic heterocycles. The van der Waals surface area contributed by atoms with E-state index in [0.29, 0.717) is 11.8 Å². The normalized spacial score (nSPS) is 10.9. The Morgan fingerprint density at radius 1 is 1.18 bits per heavy atom. The minimum atomic E-state index is -4.53. The van der Waals surface area contributed by atoms with Crippen LogP contribution >= 0.6 is 0 Å². The Labute approximate surface area is 124 Å². The minimum absolute atomic E-state index is 0.142. The largest absolute Gasteiger partial charge is 0.495 e. The van der Waals surface area contributed by atoms with Gasteiger partial charge in [0.05, 0.1) is 29.9 Å². The Kier molecular flexibility index (Phi) is 4.18. The molecule has 6 heteroatoms. The fourth-order valence-electron chi connectivity index (χ4n) is 2.14. The predicted octanol–water partition coefficient (Wildman–Crippen LogP) is 4.07.